The topological polar surface area (TPSA) is 78.5 Å². The fourth-order valence-corrected chi connectivity index (χ4v) is 4.24. The molecular weight excluding hydrogens is 405 g/mol. The van der Waals surface area contributed by atoms with E-state index in [0.29, 0.717) is 43.2 Å². The van der Waals surface area contributed by atoms with Crippen LogP contribution in [0, 0.1) is 11.7 Å². The summed E-state index contributed by atoms with van der Waals surface area (Å²) < 4.78 is 40.2. The molecule has 0 radical (unpaired) electrons. The molecule has 2 aromatic rings. The Morgan fingerprint density at radius 2 is 1.68 bits per heavy atom. The van der Waals surface area contributed by atoms with Gasteiger partial charge in [-0.3, -0.25) is 0 Å². The van der Waals surface area contributed by atoms with E-state index in [0.717, 1.165) is 0 Å². The summed E-state index contributed by atoms with van der Waals surface area (Å²) in [5.74, 6) is -0.211. The SMILES string of the molecule is O=C(Nc1ccc(F)cc1)N1CCC(CNS(=O)(=O)c2ccc(Cl)cc2)CC1. The van der Waals surface area contributed by atoms with Crippen LogP contribution in [0.4, 0.5) is 14.9 Å². The number of carbonyl (C=O) groups excluding carboxylic acids is 1. The third-order valence-electron chi connectivity index (χ3n) is 4.68. The molecule has 1 saturated heterocycles. The lowest BCUT2D eigenvalue weighted by molar-refractivity contribution is 0.183. The fraction of sp³-hybridized carbons (Fsp3) is 0.316. The molecule has 28 heavy (non-hydrogen) atoms. The molecule has 0 aromatic heterocycles. The molecule has 1 aliphatic heterocycles. The van der Waals surface area contributed by atoms with Gasteiger partial charge in [0, 0.05) is 30.3 Å². The third-order valence-corrected chi connectivity index (χ3v) is 6.37. The lowest BCUT2D eigenvalue weighted by atomic mass is 9.97. The van der Waals surface area contributed by atoms with E-state index in [-0.39, 0.29) is 22.7 Å². The number of hydrogen-bond donors (Lipinski definition) is 2. The number of urea groups is 1. The standard InChI is InChI=1S/C19H21ClFN3O3S/c20-15-1-7-18(8-2-15)28(26,27)22-13-14-9-11-24(12-10-14)19(25)23-17-5-3-16(21)4-6-17/h1-8,14,22H,9-13H2,(H,23,25). The molecule has 0 unspecified atom stereocenters. The second-order valence-corrected chi connectivity index (χ2v) is 8.88. The molecule has 2 aromatic carbocycles. The maximum absolute atomic E-state index is 12.9. The summed E-state index contributed by atoms with van der Waals surface area (Å²) in [6, 6.07) is 11.3. The molecule has 1 heterocycles. The molecule has 1 aliphatic rings. The molecule has 0 atom stereocenters. The van der Waals surface area contributed by atoms with Crippen LogP contribution in [0.3, 0.4) is 0 Å². The van der Waals surface area contributed by atoms with Gasteiger partial charge in [0.15, 0.2) is 0 Å². The number of carbonyl (C=O) groups is 1. The molecule has 2 amide bonds. The highest BCUT2D eigenvalue weighted by Crippen LogP contribution is 2.19. The number of piperidine rings is 1. The molecule has 0 spiro atoms. The minimum absolute atomic E-state index is 0.150. The molecule has 150 valence electrons. The highest BCUT2D eigenvalue weighted by Gasteiger charge is 2.24. The minimum atomic E-state index is -3.58. The van der Waals surface area contributed by atoms with E-state index >= 15 is 0 Å². The molecule has 0 saturated carbocycles. The number of sulfonamides is 1. The summed E-state index contributed by atoms with van der Waals surface area (Å²) in [6.07, 6.45) is 1.39. The second-order valence-electron chi connectivity index (χ2n) is 6.67. The Kier molecular flexibility index (Phi) is 6.53. The Hall–Kier alpha value is -2.16. The number of nitrogens with zero attached hydrogens (tertiary/aromatic N) is 1. The van der Waals surface area contributed by atoms with Crippen molar-refractivity contribution in [2.24, 2.45) is 5.92 Å². The quantitative estimate of drug-likeness (QED) is 0.766. The van der Waals surface area contributed by atoms with Crippen molar-refractivity contribution < 1.29 is 17.6 Å². The molecule has 0 bridgehead atoms. The monoisotopic (exact) mass is 425 g/mol. The van der Waals surface area contributed by atoms with Crippen molar-refractivity contribution in [1.29, 1.82) is 0 Å². The van der Waals surface area contributed by atoms with Gasteiger partial charge >= 0.3 is 6.03 Å². The normalized spacial score (nSPS) is 15.4. The zero-order valence-corrected chi connectivity index (χ0v) is 16.6. The van der Waals surface area contributed by atoms with Gasteiger partial charge in [-0.2, -0.15) is 0 Å². The van der Waals surface area contributed by atoms with Gasteiger partial charge in [-0.1, -0.05) is 11.6 Å². The minimum Gasteiger partial charge on any atom is -0.325 e. The van der Waals surface area contributed by atoms with Crippen LogP contribution in [0.2, 0.25) is 5.02 Å². The predicted octanol–water partition coefficient (Wildman–Crippen LogP) is 3.70. The summed E-state index contributed by atoms with van der Waals surface area (Å²) in [5.41, 5.74) is 0.532. The number of hydrogen-bond acceptors (Lipinski definition) is 3. The Balaban J connectivity index is 1.46. The Morgan fingerprint density at radius 3 is 2.29 bits per heavy atom. The van der Waals surface area contributed by atoms with Gasteiger partial charge in [0.25, 0.3) is 0 Å². The lowest BCUT2D eigenvalue weighted by Gasteiger charge is -2.32. The Labute approximate surface area is 168 Å². The summed E-state index contributed by atoms with van der Waals surface area (Å²) >= 11 is 5.79. The van der Waals surface area contributed by atoms with Gasteiger partial charge in [0.1, 0.15) is 5.82 Å². The van der Waals surface area contributed by atoms with E-state index in [2.05, 4.69) is 10.0 Å². The van der Waals surface area contributed by atoms with Crippen molar-refractivity contribution in [3.63, 3.8) is 0 Å². The first-order valence-corrected chi connectivity index (χ1v) is 10.8. The van der Waals surface area contributed by atoms with Crippen LogP contribution in [0.1, 0.15) is 12.8 Å². The second kappa shape index (κ2) is 8.89. The van der Waals surface area contributed by atoms with Gasteiger partial charge in [0.2, 0.25) is 10.0 Å². The Morgan fingerprint density at radius 1 is 1.07 bits per heavy atom. The number of likely N-dealkylation sites (tertiary alicyclic amines) is 1. The van der Waals surface area contributed by atoms with Crippen molar-refractivity contribution in [3.05, 3.63) is 59.4 Å². The van der Waals surface area contributed by atoms with Gasteiger partial charge in [-0.15, -0.1) is 0 Å². The highest BCUT2D eigenvalue weighted by atomic mass is 35.5. The van der Waals surface area contributed by atoms with E-state index in [4.69, 9.17) is 11.6 Å². The number of nitrogens with one attached hydrogen (secondary N) is 2. The zero-order chi connectivity index (χ0) is 20.1. The summed E-state index contributed by atoms with van der Waals surface area (Å²) in [7, 11) is -3.58. The average molecular weight is 426 g/mol. The number of benzene rings is 2. The Bertz CT molecular complexity index is 912. The van der Waals surface area contributed by atoms with E-state index in [1.54, 1.807) is 4.90 Å². The van der Waals surface area contributed by atoms with Crippen molar-refractivity contribution in [1.82, 2.24) is 9.62 Å². The van der Waals surface area contributed by atoms with Crippen LogP contribution in [0.25, 0.3) is 0 Å². The molecule has 2 N–H and O–H groups in total. The number of anilines is 1. The van der Waals surface area contributed by atoms with Crippen molar-refractivity contribution >= 4 is 33.3 Å². The van der Waals surface area contributed by atoms with Gasteiger partial charge in [0.05, 0.1) is 4.90 Å². The number of rotatable bonds is 5. The van der Waals surface area contributed by atoms with Gasteiger partial charge in [-0.05, 0) is 67.3 Å². The van der Waals surface area contributed by atoms with E-state index < -0.39 is 10.0 Å². The number of halogens is 2. The maximum Gasteiger partial charge on any atom is 0.321 e. The van der Waals surface area contributed by atoms with Crippen LogP contribution in [-0.2, 0) is 10.0 Å². The smallest absolute Gasteiger partial charge is 0.321 e. The van der Waals surface area contributed by atoms with Crippen LogP contribution < -0.4 is 10.0 Å². The number of amides is 2. The van der Waals surface area contributed by atoms with Crippen molar-refractivity contribution in [2.45, 2.75) is 17.7 Å². The van der Waals surface area contributed by atoms with Gasteiger partial charge < -0.3 is 10.2 Å². The molecule has 6 nitrogen and oxygen atoms in total. The van der Waals surface area contributed by atoms with Crippen LogP contribution in [0.15, 0.2) is 53.4 Å². The largest absolute Gasteiger partial charge is 0.325 e. The summed E-state index contributed by atoms with van der Waals surface area (Å²) in [4.78, 5) is 14.1. The van der Waals surface area contributed by atoms with E-state index in [1.165, 1.54) is 48.5 Å². The highest BCUT2D eigenvalue weighted by molar-refractivity contribution is 7.89. The first-order chi connectivity index (χ1) is 13.3. The maximum atomic E-state index is 12.9. The third kappa shape index (κ3) is 5.43. The van der Waals surface area contributed by atoms with E-state index in [1.807, 2.05) is 0 Å². The fourth-order valence-electron chi connectivity index (χ4n) is 3.00. The lowest BCUT2D eigenvalue weighted by Crippen LogP contribution is -2.43. The predicted molar refractivity (Wildman–Crippen MR) is 106 cm³/mol. The molecule has 0 aliphatic carbocycles. The average Bonchev–Trinajstić information content (AvgIpc) is 2.69. The first kappa shape index (κ1) is 20.6. The van der Waals surface area contributed by atoms with Crippen LogP contribution in [0.5, 0.6) is 0 Å². The van der Waals surface area contributed by atoms with Gasteiger partial charge in [-0.25, -0.2) is 22.3 Å². The van der Waals surface area contributed by atoms with Crippen molar-refractivity contribution in [2.75, 3.05) is 25.0 Å². The molecule has 3 rings (SSSR count). The zero-order valence-electron chi connectivity index (χ0n) is 15.1. The summed E-state index contributed by atoms with van der Waals surface area (Å²) in [6.45, 7) is 1.37. The first-order valence-electron chi connectivity index (χ1n) is 8.90. The van der Waals surface area contributed by atoms with E-state index in [9.17, 15) is 17.6 Å². The summed E-state index contributed by atoms with van der Waals surface area (Å²) in [5, 5.41) is 3.21. The molecule has 9 heteroatoms. The van der Waals surface area contributed by atoms with Crippen LogP contribution >= 0.6 is 11.6 Å². The molecule has 1 fully saturated rings. The van der Waals surface area contributed by atoms with Crippen LogP contribution in [-0.4, -0.2) is 39.0 Å². The van der Waals surface area contributed by atoms with Crippen molar-refractivity contribution in [3.8, 4) is 0 Å². The molecular formula is C19H21ClFN3O3S.